The Kier molecular flexibility index (Phi) is 8.58. The minimum atomic E-state index is -3.92. The average Bonchev–Trinajstić information content (AvgIpc) is 3.26. The number of aromatic nitrogens is 1. The van der Waals surface area contributed by atoms with Gasteiger partial charge < -0.3 is 18.8 Å². The van der Waals surface area contributed by atoms with Crippen molar-refractivity contribution in [1.82, 2.24) is 4.57 Å². The molecule has 4 rings (SSSR count). The summed E-state index contributed by atoms with van der Waals surface area (Å²) in [6, 6.07) is 15.0. The van der Waals surface area contributed by atoms with Crippen LogP contribution < -0.4 is 19.0 Å². The lowest BCUT2D eigenvalue weighted by Gasteiger charge is -2.10. The summed E-state index contributed by atoms with van der Waals surface area (Å²) in [4.78, 5) is 30.2. The minimum Gasteiger partial charge on any atom is -0.495 e. The van der Waals surface area contributed by atoms with E-state index in [2.05, 4.69) is 9.71 Å². The largest absolute Gasteiger partial charge is 0.495 e. The number of nitrogens with zero attached hydrogens (tertiary/aromatic N) is 2. The maximum Gasteiger partial charge on any atom is 0.326 e. The van der Waals surface area contributed by atoms with E-state index in [1.165, 1.54) is 67.3 Å². The molecule has 39 heavy (non-hydrogen) atoms. The fourth-order valence-electron chi connectivity index (χ4n) is 3.72. The number of thiazole rings is 1. The summed E-state index contributed by atoms with van der Waals surface area (Å²) < 4.78 is 46.2. The van der Waals surface area contributed by atoms with E-state index >= 15 is 0 Å². The number of halogens is 1. The van der Waals surface area contributed by atoms with Gasteiger partial charge in [0.15, 0.2) is 4.80 Å². The molecule has 1 N–H and O–H groups in total. The maximum atomic E-state index is 13.2. The lowest BCUT2D eigenvalue weighted by atomic mass is 10.2. The number of benzene rings is 3. The van der Waals surface area contributed by atoms with Gasteiger partial charge in [-0.05, 0) is 61.5 Å². The Hall–Kier alpha value is -3.87. The van der Waals surface area contributed by atoms with Gasteiger partial charge in [-0.1, -0.05) is 29.0 Å². The topological polar surface area (TPSA) is 125 Å². The van der Waals surface area contributed by atoms with Crippen LogP contribution >= 0.6 is 22.9 Å². The molecule has 0 unspecified atom stereocenters. The molecule has 0 saturated heterocycles. The van der Waals surface area contributed by atoms with Gasteiger partial charge in [0.2, 0.25) is 0 Å². The van der Waals surface area contributed by atoms with Crippen molar-refractivity contribution >= 4 is 60.7 Å². The molecule has 0 fully saturated rings. The minimum absolute atomic E-state index is 0.0153. The summed E-state index contributed by atoms with van der Waals surface area (Å²) >= 11 is 7.00. The van der Waals surface area contributed by atoms with Crippen LogP contribution in [0, 0.1) is 0 Å². The van der Waals surface area contributed by atoms with E-state index in [0.717, 1.165) is 11.3 Å². The predicted molar refractivity (Wildman–Crippen MR) is 148 cm³/mol. The Bertz CT molecular complexity index is 1710. The lowest BCUT2D eigenvalue weighted by Crippen LogP contribution is -2.23. The molecule has 4 aromatic rings. The third kappa shape index (κ3) is 6.24. The smallest absolute Gasteiger partial charge is 0.326 e. The number of esters is 1. The molecule has 13 heteroatoms. The van der Waals surface area contributed by atoms with Crippen LogP contribution in [0.2, 0.25) is 5.02 Å². The standard InChI is InChI=1S/C26H24ClN3O7S2/c1-4-37-22(31)15-30-23-20(35-2)12-13-21(36-3)24(23)38-26(30)28-25(32)16-6-5-7-18(14-16)29-39(33,34)19-10-8-17(27)9-11-19/h5-14,29H,4,15H2,1-3H3. The Morgan fingerprint density at radius 1 is 1.03 bits per heavy atom. The van der Waals surface area contributed by atoms with Gasteiger partial charge in [0.25, 0.3) is 15.9 Å². The van der Waals surface area contributed by atoms with Crippen molar-refractivity contribution in [3.8, 4) is 11.5 Å². The first-order valence-electron chi connectivity index (χ1n) is 11.5. The molecule has 0 bridgehead atoms. The summed E-state index contributed by atoms with van der Waals surface area (Å²) in [6.45, 7) is 1.66. The zero-order chi connectivity index (χ0) is 28.2. The number of fused-ring (bicyclic) bond motifs is 1. The molecule has 0 saturated carbocycles. The Morgan fingerprint density at radius 3 is 2.38 bits per heavy atom. The van der Waals surface area contributed by atoms with Gasteiger partial charge in [-0.25, -0.2) is 8.42 Å². The number of hydrogen-bond acceptors (Lipinski definition) is 8. The van der Waals surface area contributed by atoms with Gasteiger partial charge in [-0.15, -0.1) is 0 Å². The van der Waals surface area contributed by atoms with Crippen LogP contribution in [0.25, 0.3) is 10.2 Å². The molecule has 0 atom stereocenters. The van der Waals surface area contributed by atoms with Crippen LogP contribution in [0.1, 0.15) is 17.3 Å². The number of sulfonamides is 1. The molecular formula is C26H24ClN3O7S2. The summed E-state index contributed by atoms with van der Waals surface area (Å²) in [5.74, 6) is -0.195. The molecule has 0 spiro atoms. The third-order valence-electron chi connectivity index (χ3n) is 5.47. The van der Waals surface area contributed by atoms with Crippen LogP contribution in [-0.4, -0.2) is 45.7 Å². The van der Waals surface area contributed by atoms with E-state index in [1.807, 2.05) is 0 Å². The molecule has 10 nitrogen and oxygen atoms in total. The highest BCUT2D eigenvalue weighted by atomic mass is 35.5. The fraction of sp³-hybridized carbons (Fsp3) is 0.192. The van der Waals surface area contributed by atoms with E-state index in [1.54, 1.807) is 19.1 Å². The van der Waals surface area contributed by atoms with Crippen molar-refractivity contribution in [2.24, 2.45) is 4.99 Å². The van der Waals surface area contributed by atoms with Crippen LogP contribution in [0.4, 0.5) is 5.69 Å². The van der Waals surface area contributed by atoms with Crippen molar-refractivity contribution in [3.63, 3.8) is 0 Å². The summed E-state index contributed by atoms with van der Waals surface area (Å²) in [6.07, 6.45) is 0. The molecule has 1 amide bonds. The van der Waals surface area contributed by atoms with Gasteiger partial charge in [0.05, 0.1) is 25.7 Å². The quantitative estimate of drug-likeness (QED) is 0.285. The number of carbonyl (C=O) groups excluding carboxylic acids is 2. The Balaban J connectivity index is 1.75. The van der Waals surface area contributed by atoms with Crippen LogP contribution in [-0.2, 0) is 26.1 Å². The molecule has 204 valence electrons. The highest BCUT2D eigenvalue weighted by Gasteiger charge is 2.20. The van der Waals surface area contributed by atoms with E-state index in [0.29, 0.717) is 26.7 Å². The molecule has 0 radical (unpaired) electrons. The predicted octanol–water partition coefficient (Wildman–Crippen LogP) is 4.48. The monoisotopic (exact) mass is 589 g/mol. The zero-order valence-electron chi connectivity index (χ0n) is 21.1. The second kappa shape index (κ2) is 11.9. The zero-order valence-corrected chi connectivity index (χ0v) is 23.5. The van der Waals surface area contributed by atoms with Crippen molar-refractivity contribution in [1.29, 1.82) is 0 Å². The van der Waals surface area contributed by atoms with Gasteiger partial charge in [0, 0.05) is 16.3 Å². The number of anilines is 1. The molecule has 0 aliphatic heterocycles. The molecular weight excluding hydrogens is 566 g/mol. The number of nitrogens with one attached hydrogen (secondary N) is 1. The highest BCUT2D eigenvalue weighted by molar-refractivity contribution is 7.92. The SMILES string of the molecule is CCOC(=O)Cn1c(=NC(=O)c2cccc(NS(=O)(=O)c3ccc(Cl)cc3)c2)sc2c(OC)ccc(OC)c21. The van der Waals surface area contributed by atoms with Crippen LogP contribution in [0.15, 0.2) is 70.6 Å². The average molecular weight is 590 g/mol. The van der Waals surface area contributed by atoms with Gasteiger partial charge in [-0.3, -0.25) is 14.3 Å². The Morgan fingerprint density at radius 2 is 1.72 bits per heavy atom. The summed E-state index contributed by atoms with van der Waals surface area (Å²) in [5, 5.41) is 0.403. The summed E-state index contributed by atoms with van der Waals surface area (Å²) in [7, 11) is -0.920. The first-order chi connectivity index (χ1) is 18.7. The first-order valence-corrected chi connectivity index (χ1v) is 14.2. The normalized spacial score (nSPS) is 11.8. The summed E-state index contributed by atoms with van der Waals surface area (Å²) in [5.41, 5.74) is 0.821. The number of carbonyl (C=O) groups is 2. The number of rotatable bonds is 9. The Labute approximate surface area is 233 Å². The van der Waals surface area contributed by atoms with Crippen LogP contribution in [0.5, 0.6) is 11.5 Å². The van der Waals surface area contributed by atoms with Crippen molar-refractivity contribution in [3.05, 3.63) is 76.1 Å². The van der Waals surface area contributed by atoms with E-state index < -0.39 is 21.9 Å². The molecule has 0 aliphatic carbocycles. The van der Waals surface area contributed by atoms with E-state index in [9.17, 15) is 18.0 Å². The number of ether oxygens (including phenoxy) is 3. The van der Waals surface area contributed by atoms with E-state index in [4.69, 9.17) is 25.8 Å². The number of amides is 1. The highest BCUT2D eigenvalue weighted by Crippen LogP contribution is 2.35. The first kappa shape index (κ1) is 28.1. The maximum absolute atomic E-state index is 13.2. The van der Waals surface area contributed by atoms with Crippen molar-refractivity contribution in [2.75, 3.05) is 25.5 Å². The molecule has 3 aromatic carbocycles. The third-order valence-corrected chi connectivity index (χ3v) is 8.21. The second-order valence-electron chi connectivity index (χ2n) is 7.98. The van der Waals surface area contributed by atoms with Gasteiger partial charge >= 0.3 is 5.97 Å². The van der Waals surface area contributed by atoms with Gasteiger partial charge in [-0.2, -0.15) is 4.99 Å². The molecule has 1 heterocycles. The van der Waals surface area contributed by atoms with Crippen molar-refractivity contribution < 1.29 is 32.2 Å². The molecule has 0 aliphatic rings. The second-order valence-corrected chi connectivity index (χ2v) is 11.1. The van der Waals surface area contributed by atoms with Crippen LogP contribution in [0.3, 0.4) is 0 Å². The lowest BCUT2D eigenvalue weighted by molar-refractivity contribution is -0.143. The van der Waals surface area contributed by atoms with Crippen molar-refractivity contribution in [2.45, 2.75) is 18.4 Å². The number of methoxy groups -OCH3 is 2. The van der Waals surface area contributed by atoms with Gasteiger partial charge in [0.1, 0.15) is 28.3 Å². The number of hydrogen-bond donors (Lipinski definition) is 1. The molecule has 1 aromatic heterocycles. The fourth-order valence-corrected chi connectivity index (χ4v) is 6.03. The van der Waals surface area contributed by atoms with E-state index in [-0.39, 0.29) is 34.1 Å².